The van der Waals surface area contributed by atoms with Crippen molar-refractivity contribution in [2.75, 3.05) is 19.6 Å². The molecule has 2 heterocycles. The highest BCUT2D eigenvalue weighted by atomic mass is 16.5. The van der Waals surface area contributed by atoms with Crippen molar-refractivity contribution in [3.05, 3.63) is 17.7 Å². The Balaban J connectivity index is 2.03. The number of fused-ring (bicyclic) bond motifs is 1. The van der Waals surface area contributed by atoms with Crippen LogP contribution in [-0.4, -0.2) is 51.5 Å². The number of rotatable bonds is 5. The number of nitrogens with two attached hydrogens (primary N) is 1. The number of carbonyl (C=O) groups is 1. The van der Waals surface area contributed by atoms with Gasteiger partial charge in [0, 0.05) is 12.6 Å². The summed E-state index contributed by atoms with van der Waals surface area (Å²) < 4.78 is 7.80. The Bertz CT molecular complexity index is 755. The first kappa shape index (κ1) is 17.7. The van der Waals surface area contributed by atoms with Gasteiger partial charge in [0.1, 0.15) is 11.3 Å². The Morgan fingerprint density at radius 3 is 2.88 bits per heavy atom. The molecular weight excluding hydrogens is 318 g/mol. The number of benzene rings is 1. The Morgan fingerprint density at radius 1 is 1.40 bits per heavy atom. The second-order valence-corrected chi connectivity index (χ2v) is 6.94. The molecule has 1 atom stereocenters. The third kappa shape index (κ3) is 3.76. The second kappa shape index (κ2) is 7.39. The van der Waals surface area contributed by atoms with Crippen molar-refractivity contribution in [3.8, 4) is 5.75 Å². The van der Waals surface area contributed by atoms with Gasteiger partial charge >= 0.3 is 0 Å². The van der Waals surface area contributed by atoms with Crippen molar-refractivity contribution >= 4 is 16.9 Å². The number of primary amides is 1. The molecule has 1 saturated heterocycles. The van der Waals surface area contributed by atoms with Crippen LogP contribution in [0.3, 0.4) is 0 Å². The molecule has 0 bridgehead atoms. The lowest BCUT2D eigenvalue weighted by molar-refractivity contribution is 0.0994. The lowest BCUT2D eigenvalue weighted by Crippen LogP contribution is -2.30. The molecule has 2 N–H and O–H groups in total. The van der Waals surface area contributed by atoms with Gasteiger partial charge in [-0.25, -0.2) is 4.68 Å². The van der Waals surface area contributed by atoms with Crippen LogP contribution in [0.4, 0.5) is 0 Å². The molecule has 25 heavy (non-hydrogen) atoms. The highest BCUT2D eigenvalue weighted by Gasteiger charge is 2.23. The highest BCUT2D eigenvalue weighted by molar-refractivity contribution is 5.99. The normalized spacial score (nSPS) is 19.3. The molecule has 1 aliphatic heterocycles. The number of ether oxygens (including phenoxy) is 1. The lowest BCUT2D eigenvalue weighted by atomic mass is 10.1. The number of amides is 1. The fourth-order valence-corrected chi connectivity index (χ4v) is 3.46. The van der Waals surface area contributed by atoms with Crippen molar-refractivity contribution in [1.82, 2.24) is 19.9 Å². The van der Waals surface area contributed by atoms with Crippen LogP contribution in [0.2, 0.25) is 0 Å². The fraction of sp³-hybridized carbons (Fsp3) is 0.611. The molecule has 1 amide bonds. The summed E-state index contributed by atoms with van der Waals surface area (Å²) in [4.78, 5) is 14.2. The van der Waals surface area contributed by atoms with Crippen LogP contribution in [0.1, 0.15) is 56.4 Å². The molecule has 7 heteroatoms. The quantitative estimate of drug-likeness (QED) is 0.899. The molecular formula is C18H27N5O2. The molecule has 0 radical (unpaired) electrons. The summed E-state index contributed by atoms with van der Waals surface area (Å²) in [5.41, 5.74) is 7.43. The predicted octanol–water partition coefficient (Wildman–Crippen LogP) is 2.36. The summed E-state index contributed by atoms with van der Waals surface area (Å²) in [6, 6.07) is 3.82. The molecule has 1 fully saturated rings. The highest BCUT2D eigenvalue weighted by Crippen LogP contribution is 2.29. The average molecular weight is 345 g/mol. The van der Waals surface area contributed by atoms with Gasteiger partial charge in [0.15, 0.2) is 0 Å². The summed E-state index contributed by atoms with van der Waals surface area (Å²) in [5, 5.41) is 8.65. The van der Waals surface area contributed by atoms with E-state index in [-0.39, 0.29) is 12.1 Å². The maximum absolute atomic E-state index is 11.8. The zero-order valence-electron chi connectivity index (χ0n) is 15.2. The minimum Gasteiger partial charge on any atom is -0.490 e. The number of nitrogens with zero attached hydrogens (tertiary/aromatic N) is 4. The van der Waals surface area contributed by atoms with Crippen LogP contribution in [0, 0.1) is 0 Å². The first-order valence-corrected chi connectivity index (χ1v) is 9.07. The molecule has 1 unspecified atom stereocenters. The van der Waals surface area contributed by atoms with Crippen molar-refractivity contribution in [2.45, 2.75) is 52.2 Å². The average Bonchev–Trinajstić information content (AvgIpc) is 2.82. The zero-order chi connectivity index (χ0) is 18.0. The largest absolute Gasteiger partial charge is 0.490 e. The fourth-order valence-electron chi connectivity index (χ4n) is 3.46. The van der Waals surface area contributed by atoms with Gasteiger partial charge in [-0.2, -0.15) is 0 Å². The summed E-state index contributed by atoms with van der Waals surface area (Å²) >= 11 is 0. The van der Waals surface area contributed by atoms with Crippen LogP contribution in [0.25, 0.3) is 11.0 Å². The van der Waals surface area contributed by atoms with E-state index in [1.165, 1.54) is 12.8 Å². The molecule has 2 aromatic rings. The third-order valence-corrected chi connectivity index (χ3v) is 4.72. The van der Waals surface area contributed by atoms with Crippen LogP contribution in [0.5, 0.6) is 5.75 Å². The second-order valence-electron chi connectivity index (χ2n) is 6.94. The number of hydrogen-bond acceptors (Lipinski definition) is 5. The lowest BCUT2D eigenvalue weighted by Gasteiger charge is -2.23. The minimum atomic E-state index is -0.515. The predicted molar refractivity (Wildman–Crippen MR) is 96.8 cm³/mol. The third-order valence-electron chi connectivity index (χ3n) is 4.72. The molecule has 0 aliphatic carbocycles. The zero-order valence-corrected chi connectivity index (χ0v) is 15.2. The van der Waals surface area contributed by atoms with Gasteiger partial charge in [0.25, 0.3) is 5.91 Å². The topological polar surface area (TPSA) is 86.3 Å². The number of likely N-dealkylation sites (tertiary alicyclic amines) is 1. The molecule has 0 saturated carbocycles. The van der Waals surface area contributed by atoms with Crippen molar-refractivity contribution in [1.29, 1.82) is 0 Å². The molecule has 136 valence electrons. The van der Waals surface area contributed by atoms with Gasteiger partial charge < -0.3 is 15.4 Å². The molecule has 1 aromatic carbocycles. The van der Waals surface area contributed by atoms with Gasteiger partial charge in [-0.15, -0.1) is 5.10 Å². The standard InChI is InChI=1S/C18H27N5O2/c1-4-22-8-6-5-7-13(11-22)23-16-10-17(25-12(2)3)14(18(19)24)9-15(16)20-21-23/h9-10,12-13H,4-8,11H2,1-3H3,(H2,19,24). The number of carbonyl (C=O) groups excluding carboxylic acids is 1. The summed E-state index contributed by atoms with van der Waals surface area (Å²) in [7, 11) is 0. The molecule has 1 aromatic heterocycles. The summed E-state index contributed by atoms with van der Waals surface area (Å²) in [5.74, 6) is -0.0155. The van der Waals surface area contributed by atoms with Gasteiger partial charge in [-0.05, 0) is 45.8 Å². The van der Waals surface area contributed by atoms with E-state index < -0.39 is 5.91 Å². The van der Waals surface area contributed by atoms with Gasteiger partial charge in [0.2, 0.25) is 0 Å². The molecule has 7 nitrogen and oxygen atoms in total. The van der Waals surface area contributed by atoms with Crippen molar-refractivity contribution in [3.63, 3.8) is 0 Å². The Morgan fingerprint density at radius 2 is 2.20 bits per heavy atom. The summed E-state index contributed by atoms with van der Waals surface area (Å²) in [6.45, 7) is 9.18. The first-order valence-electron chi connectivity index (χ1n) is 9.07. The maximum atomic E-state index is 11.8. The minimum absolute atomic E-state index is 0.0478. The van der Waals surface area contributed by atoms with Gasteiger partial charge in [-0.3, -0.25) is 4.79 Å². The first-order chi connectivity index (χ1) is 12.0. The van der Waals surface area contributed by atoms with E-state index >= 15 is 0 Å². The Labute approximate surface area is 148 Å². The van der Waals surface area contributed by atoms with E-state index in [0.29, 0.717) is 16.8 Å². The van der Waals surface area contributed by atoms with Gasteiger partial charge in [0.05, 0.1) is 23.2 Å². The smallest absolute Gasteiger partial charge is 0.252 e. The van der Waals surface area contributed by atoms with E-state index in [1.54, 1.807) is 6.07 Å². The van der Waals surface area contributed by atoms with Crippen LogP contribution < -0.4 is 10.5 Å². The number of hydrogen-bond donors (Lipinski definition) is 1. The van der Waals surface area contributed by atoms with E-state index in [4.69, 9.17) is 10.5 Å². The van der Waals surface area contributed by atoms with Crippen LogP contribution >= 0.6 is 0 Å². The Kier molecular flexibility index (Phi) is 5.22. The van der Waals surface area contributed by atoms with Crippen LogP contribution in [-0.2, 0) is 0 Å². The van der Waals surface area contributed by atoms with Gasteiger partial charge in [-0.1, -0.05) is 18.6 Å². The molecule has 0 spiro atoms. The van der Waals surface area contributed by atoms with E-state index in [2.05, 4.69) is 22.1 Å². The Hall–Kier alpha value is -2.15. The molecule has 1 aliphatic rings. The SMILES string of the molecule is CCN1CCCCC(n2nnc3cc(C(N)=O)c(OC(C)C)cc32)C1. The van der Waals surface area contributed by atoms with E-state index in [0.717, 1.165) is 31.6 Å². The van der Waals surface area contributed by atoms with Crippen LogP contribution in [0.15, 0.2) is 12.1 Å². The monoisotopic (exact) mass is 345 g/mol. The maximum Gasteiger partial charge on any atom is 0.252 e. The van der Waals surface area contributed by atoms with Crippen molar-refractivity contribution in [2.24, 2.45) is 5.73 Å². The number of aromatic nitrogens is 3. The van der Waals surface area contributed by atoms with Crippen molar-refractivity contribution < 1.29 is 9.53 Å². The number of likely N-dealkylation sites (N-methyl/N-ethyl adjacent to an activating group) is 1. The molecule has 3 rings (SSSR count). The summed E-state index contributed by atoms with van der Waals surface area (Å²) in [6.07, 6.45) is 3.42. The van der Waals surface area contributed by atoms with E-state index in [9.17, 15) is 4.79 Å². The van der Waals surface area contributed by atoms with E-state index in [1.807, 2.05) is 24.6 Å².